The number of likely N-dealkylation sites (tertiary alicyclic amines) is 1. The summed E-state index contributed by atoms with van der Waals surface area (Å²) in [4.78, 5) is 29.6. The maximum atomic E-state index is 13.3. The molecule has 8 nitrogen and oxygen atoms in total. The molecule has 0 bridgehead atoms. The van der Waals surface area contributed by atoms with Crippen molar-refractivity contribution in [2.75, 3.05) is 31.1 Å². The highest BCUT2D eigenvalue weighted by Crippen LogP contribution is 2.24. The molecule has 1 aromatic rings. The second kappa shape index (κ2) is 9.52. The number of hydrazone groups is 1. The zero-order chi connectivity index (χ0) is 22.7. The summed E-state index contributed by atoms with van der Waals surface area (Å²) >= 11 is 0. The monoisotopic (exact) mass is 459 g/mol. The third kappa shape index (κ3) is 4.92. The first-order valence-electron chi connectivity index (χ1n) is 11.4. The van der Waals surface area contributed by atoms with E-state index in [9.17, 15) is 18.0 Å². The maximum Gasteiger partial charge on any atom is 0.320 e. The van der Waals surface area contributed by atoms with Crippen molar-refractivity contribution >= 4 is 38.8 Å². The van der Waals surface area contributed by atoms with Crippen LogP contribution in [0.2, 0.25) is 0 Å². The number of hydrogen-bond donors (Lipinski definition) is 0. The quantitative estimate of drug-likeness (QED) is 0.633. The first kappa shape index (κ1) is 22.6. The lowest BCUT2D eigenvalue weighted by atomic mass is 9.94. The number of sulfone groups is 1. The zero-order valence-corrected chi connectivity index (χ0v) is 19.4. The first-order chi connectivity index (χ1) is 15.4. The molecule has 3 aliphatic rings. The fourth-order valence-corrected chi connectivity index (χ4v) is 5.84. The van der Waals surface area contributed by atoms with Crippen LogP contribution in [0.1, 0.15) is 45.4 Å². The van der Waals surface area contributed by atoms with Gasteiger partial charge in [0.1, 0.15) is 5.71 Å². The number of para-hydroxylation sites is 1. The number of carbonyl (C=O) groups excluding carboxylic acids is 2. The summed E-state index contributed by atoms with van der Waals surface area (Å²) in [6.07, 6.45) is 4.16. The molecule has 172 valence electrons. The first-order valence-corrected chi connectivity index (χ1v) is 13.2. The number of amides is 2. The summed E-state index contributed by atoms with van der Waals surface area (Å²) in [6.45, 7) is 3.03. The van der Waals surface area contributed by atoms with Crippen LogP contribution in [0.5, 0.6) is 0 Å². The smallest absolute Gasteiger partial charge is 0.320 e. The van der Waals surface area contributed by atoms with Crippen molar-refractivity contribution in [1.29, 1.82) is 0 Å². The van der Waals surface area contributed by atoms with Crippen LogP contribution < -0.4 is 0 Å². The highest BCUT2D eigenvalue weighted by Gasteiger charge is 2.37. The molecule has 3 heterocycles. The molecule has 32 heavy (non-hydrogen) atoms. The molecular weight excluding hydrogens is 428 g/mol. The standard InChI is InChI=1S/C23H31N4O4S/c1-2-19-16-18(24-27(19)20-8-4-3-5-9-20)17-22(28)21-10-6-7-11-26(21)23(29)25-12-14-32(30,31)15-13-25/h3-5,8-9,21H,2,6-7,10-17H2,1H3/q+1/t21-/m0/s1. The Labute approximate surface area is 189 Å². The summed E-state index contributed by atoms with van der Waals surface area (Å²) in [5.41, 5.74) is 2.98. The van der Waals surface area contributed by atoms with E-state index in [2.05, 4.69) is 6.92 Å². The number of urea groups is 1. The Bertz CT molecular complexity index is 1040. The van der Waals surface area contributed by atoms with Crippen LogP contribution in [0, 0.1) is 0 Å². The van der Waals surface area contributed by atoms with Gasteiger partial charge in [-0.3, -0.25) is 4.79 Å². The fourth-order valence-electron chi connectivity index (χ4n) is 4.64. The minimum absolute atomic E-state index is 0.00700. The molecular formula is C23H31N4O4S+. The molecule has 0 N–H and O–H groups in total. The second-order valence-electron chi connectivity index (χ2n) is 8.68. The Kier molecular flexibility index (Phi) is 6.74. The van der Waals surface area contributed by atoms with Gasteiger partial charge in [-0.25, -0.2) is 13.2 Å². The van der Waals surface area contributed by atoms with E-state index < -0.39 is 15.9 Å². The largest absolute Gasteiger partial charge is 0.323 e. The van der Waals surface area contributed by atoms with Crippen molar-refractivity contribution in [3.63, 3.8) is 0 Å². The van der Waals surface area contributed by atoms with Gasteiger partial charge in [0.25, 0.3) is 0 Å². The number of nitrogens with zero attached hydrogens (tertiary/aromatic N) is 4. The molecule has 0 aliphatic carbocycles. The van der Waals surface area contributed by atoms with Crippen LogP contribution in [0.4, 0.5) is 10.5 Å². The van der Waals surface area contributed by atoms with E-state index in [0.717, 1.165) is 36.4 Å². The van der Waals surface area contributed by atoms with Crippen LogP contribution in [0.15, 0.2) is 35.4 Å². The molecule has 1 aromatic carbocycles. The molecule has 9 heteroatoms. The van der Waals surface area contributed by atoms with Gasteiger partial charge in [0, 0.05) is 38.2 Å². The van der Waals surface area contributed by atoms with E-state index in [0.29, 0.717) is 19.4 Å². The van der Waals surface area contributed by atoms with E-state index in [1.807, 2.05) is 35.0 Å². The minimum Gasteiger partial charge on any atom is -0.323 e. The molecule has 0 spiro atoms. The molecule has 0 radical (unpaired) electrons. The van der Waals surface area contributed by atoms with Gasteiger partial charge >= 0.3 is 6.03 Å². The predicted molar refractivity (Wildman–Crippen MR) is 123 cm³/mol. The van der Waals surface area contributed by atoms with Crippen molar-refractivity contribution in [1.82, 2.24) is 9.80 Å². The number of ketones is 1. The van der Waals surface area contributed by atoms with E-state index in [4.69, 9.17) is 5.10 Å². The molecule has 2 fully saturated rings. The number of piperidine rings is 1. The minimum atomic E-state index is -3.06. The van der Waals surface area contributed by atoms with Crippen molar-refractivity contribution in [3.05, 3.63) is 30.3 Å². The van der Waals surface area contributed by atoms with Gasteiger partial charge in [-0.15, -0.1) is 0 Å². The predicted octanol–water partition coefficient (Wildman–Crippen LogP) is 2.61. The number of Topliss-reactive ketones (excluding diaryl/α,β-unsaturated/α-hetero) is 1. The van der Waals surface area contributed by atoms with Gasteiger partial charge < -0.3 is 9.80 Å². The summed E-state index contributed by atoms with van der Waals surface area (Å²) in [6, 6.07) is 9.24. The summed E-state index contributed by atoms with van der Waals surface area (Å²) < 4.78 is 25.4. The summed E-state index contributed by atoms with van der Waals surface area (Å²) in [7, 11) is -3.06. The Morgan fingerprint density at radius 2 is 1.81 bits per heavy atom. The van der Waals surface area contributed by atoms with E-state index in [-0.39, 0.29) is 42.8 Å². The van der Waals surface area contributed by atoms with Crippen molar-refractivity contribution < 1.29 is 22.7 Å². The number of benzene rings is 1. The lowest BCUT2D eigenvalue weighted by Gasteiger charge is -2.39. The van der Waals surface area contributed by atoms with Crippen molar-refractivity contribution in [2.45, 2.75) is 51.5 Å². The Hall–Kier alpha value is -2.55. The van der Waals surface area contributed by atoms with Gasteiger partial charge in [-0.1, -0.05) is 29.8 Å². The van der Waals surface area contributed by atoms with Crippen LogP contribution in [-0.4, -0.2) is 83.3 Å². The average Bonchev–Trinajstić information content (AvgIpc) is 3.22. The maximum absolute atomic E-state index is 13.3. The number of hydrogen-bond acceptors (Lipinski definition) is 5. The van der Waals surface area contributed by atoms with Gasteiger partial charge in [-0.2, -0.15) is 0 Å². The van der Waals surface area contributed by atoms with Gasteiger partial charge in [0.2, 0.25) is 5.69 Å². The highest BCUT2D eigenvalue weighted by molar-refractivity contribution is 7.91. The van der Waals surface area contributed by atoms with Gasteiger partial charge in [-0.05, 0) is 24.4 Å². The molecule has 0 unspecified atom stereocenters. The van der Waals surface area contributed by atoms with Crippen molar-refractivity contribution in [3.8, 4) is 0 Å². The zero-order valence-electron chi connectivity index (χ0n) is 18.6. The molecule has 0 aromatic heterocycles. The normalized spacial score (nSPS) is 23.3. The molecule has 2 saturated heterocycles. The van der Waals surface area contributed by atoms with Crippen LogP contribution in [-0.2, 0) is 14.6 Å². The molecule has 1 atom stereocenters. The van der Waals surface area contributed by atoms with Crippen LogP contribution in [0.25, 0.3) is 0 Å². The second-order valence-corrected chi connectivity index (χ2v) is 11.0. The van der Waals surface area contributed by atoms with Crippen molar-refractivity contribution in [2.24, 2.45) is 5.10 Å². The molecule has 3 aliphatic heterocycles. The van der Waals surface area contributed by atoms with Gasteiger partial charge in [0.05, 0.1) is 30.4 Å². The Morgan fingerprint density at radius 1 is 1.09 bits per heavy atom. The summed E-state index contributed by atoms with van der Waals surface area (Å²) in [5, 5.41) is 4.73. The Morgan fingerprint density at radius 3 is 2.50 bits per heavy atom. The summed E-state index contributed by atoms with van der Waals surface area (Å²) in [5.74, 6) is 0.00619. The third-order valence-electron chi connectivity index (χ3n) is 6.47. The number of carbonyl (C=O) groups is 2. The van der Waals surface area contributed by atoms with E-state index in [1.165, 1.54) is 0 Å². The molecule has 2 amide bonds. The third-order valence-corrected chi connectivity index (χ3v) is 8.08. The van der Waals surface area contributed by atoms with E-state index in [1.54, 1.807) is 9.80 Å². The van der Waals surface area contributed by atoms with Gasteiger partial charge in [0.15, 0.2) is 21.3 Å². The average molecular weight is 460 g/mol. The molecule has 0 saturated carbocycles. The SMILES string of the molecule is CCC1=[N+](c2ccccc2)N=C(CC(=O)[C@@H]2CCCCN2C(=O)N2CCS(=O)(=O)CC2)C1. The topological polar surface area (TPSA) is 90.1 Å². The lowest BCUT2D eigenvalue weighted by molar-refractivity contribution is -0.443. The lowest BCUT2D eigenvalue weighted by Crippen LogP contribution is -2.56. The van der Waals surface area contributed by atoms with Crippen LogP contribution in [0.3, 0.4) is 0 Å². The molecule has 4 rings (SSSR count). The Balaban J connectivity index is 1.44. The van der Waals surface area contributed by atoms with Crippen LogP contribution >= 0.6 is 0 Å². The fraction of sp³-hybridized carbons (Fsp3) is 0.565. The number of rotatable bonds is 5. The highest BCUT2D eigenvalue weighted by atomic mass is 32.2. The van der Waals surface area contributed by atoms with E-state index >= 15 is 0 Å².